The van der Waals surface area contributed by atoms with Gasteiger partial charge in [-0.2, -0.15) is 0 Å². The monoisotopic (exact) mass is 481 g/mol. The lowest BCUT2D eigenvalue weighted by Crippen LogP contribution is -2.29. The van der Waals surface area contributed by atoms with Crippen molar-refractivity contribution in [1.29, 1.82) is 0 Å². The number of carbonyl (C=O) groups excluding carboxylic acids is 2. The molecule has 9 heteroatoms. The lowest BCUT2D eigenvalue weighted by atomic mass is 10.1. The SMILES string of the molecule is CS(=O)(=O)N(Cc1ccc(F)cc1)c1ccc(C(=O)Nc2ccc(N3CCCC3=O)cc2)cc1. The Bertz CT molecular complexity index is 1290. The van der Waals surface area contributed by atoms with Gasteiger partial charge in [0.15, 0.2) is 0 Å². The molecular formula is C25H24FN3O4S. The molecule has 4 rings (SSSR count). The molecule has 0 bridgehead atoms. The maximum absolute atomic E-state index is 13.2. The van der Waals surface area contributed by atoms with Crippen molar-refractivity contribution in [2.75, 3.05) is 27.3 Å². The van der Waals surface area contributed by atoms with Crippen LogP contribution in [0.1, 0.15) is 28.8 Å². The van der Waals surface area contributed by atoms with Crippen molar-refractivity contribution in [3.8, 4) is 0 Å². The molecule has 1 N–H and O–H groups in total. The number of nitrogens with one attached hydrogen (secondary N) is 1. The fraction of sp³-hybridized carbons (Fsp3) is 0.200. The predicted octanol–water partition coefficient (Wildman–Crippen LogP) is 4.17. The number of benzene rings is 3. The van der Waals surface area contributed by atoms with Crippen LogP contribution in [0.3, 0.4) is 0 Å². The first kappa shape index (κ1) is 23.4. The maximum Gasteiger partial charge on any atom is 0.255 e. The molecule has 3 aromatic carbocycles. The van der Waals surface area contributed by atoms with E-state index in [1.807, 2.05) is 0 Å². The van der Waals surface area contributed by atoms with Gasteiger partial charge in [0.25, 0.3) is 5.91 Å². The first-order chi connectivity index (χ1) is 16.2. The number of hydrogen-bond acceptors (Lipinski definition) is 4. The third kappa shape index (κ3) is 5.43. The van der Waals surface area contributed by atoms with Crippen molar-refractivity contribution in [1.82, 2.24) is 0 Å². The molecule has 1 saturated heterocycles. The summed E-state index contributed by atoms with van der Waals surface area (Å²) in [5, 5.41) is 2.80. The van der Waals surface area contributed by atoms with Crippen molar-refractivity contribution in [3.63, 3.8) is 0 Å². The largest absolute Gasteiger partial charge is 0.322 e. The zero-order chi connectivity index (χ0) is 24.3. The Morgan fingerprint density at radius 2 is 1.65 bits per heavy atom. The Hall–Kier alpha value is -3.72. The third-order valence-corrected chi connectivity index (χ3v) is 6.71. The quantitative estimate of drug-likeness (QED) is 0.549. The van der Waals surface area contributed by atoms with E-state index in [-0.39, 0.29) is 18.4 Å². The Kier molecular flexibility index (Phi) is 6.65. The zero-order valence-electron chi connectivity index (χ0n) is 18.6. The maximum atomic E-state index is 13.2. The molecule has 176 valence electrons. The van der Waals surface area contributed by atoms with Crippen LogP contribution in [0.2, 0.25) is 0 Å². The molecule has 1 heterocycles. The fourth-order valence-corrected chi connectivity index (χ4v) is 4.67. The first-order valence-electron chi connectivity index (χ1n) is 10.7. The van der Waals surface area contributed by atoms with Crippen LogP contribution in [0.5, 0.6) is 0 Å². The van der Waals surface area contributed by atoms with Gasteiger partial charge in [-0.15, -0.1) is 0 Å². The molecule has 0 aromatic heterocycles. The molecule has 0 radical (unpaired) electrons. The number of amides is 2. The van der Waals surface area contributed by atoms with Crippen LogP contribution in [-0.2, 0) is 21.4 Å². The van der Waals surface area contributed by atoms with Gasteiger partial charge < -0.3 is 10.2 Å². The summed E-state index contributed by atoms with van der Waals surface area (Å²) in [7, 11) is -3.61. The molecule has 2 amide bonds. The number of halogens is 1. The van der Waals surface area contributed by atoms with Gasteiger partial charge in [0.05, 0.1) is 18.5 Å². The fourth-order valence-electron chi connectivity index (χ4n) is 3.78. The number of carbonyl (C=O) groups is 2. The van der Waals surface area contributed by atoms with Crippen LogP contribution in [0.4, 0.5) is 21.5 Å². The van der Waals surface area contributed by atoms with Gasteiger partial charge in [0.1, 0.15) is 5.82 Å². The summed E-state index contributed by atoms with van der Waals surface area (Å²) in [5.41, 5.74) is 2.76. The topological polar surface area (TPSA) is 86.8 Å². The summed E-state index contributed by atoms with van der Waals surface area (Å²) < 4.78 is 39.1. The minimum absolute atomic E-state index is 0.0382. The van der Waals surface area contributed by atoms with E-state index in [9.17, 15) is 22.4 Å². The first-order valence-corrected chi connectivity index (χ1v) is 12.6. The van der Waals surface area contributed by atoms with Crippen LogP contribution >= 0.6 is 0 Å². The number of hydrogen-bond donors (Lipinski definition) is 1. The predicted molar refractivity (Wildman–Crippen MR) is 130 cm³/mol. The van der Waals surface area contributed by atoms with Crippen molar-refractivity contribution in [2.24, 2.45) is 0 Å². The molecule has 0 unspecified atom stereocenters. The van der Waals surface area contributed by atoms with Crippen molar-refractivity contribution >= 4 is 38.9 Å². The number of nitrogens with zero attached hydrogens (tertiary/aromatic N) is 2. The highest BCUT2D eigenvalue weighted by Gasteiger charge is 2.22. The van der Waals surface area contributed by atoms with Gasteiger partial charge >= 0.3 is 0 Å². The second-order valence-corrected chi connectivity index (χ2v) is 10.00. The van der Waals surface area contributed by atoms with Gasteiger partial charge in [0, 0.05) is 29.9 Å². The molecule has 0 saturated carbocycles. The summed E-state index contributed by atoms with van der Waals surface area (Å²) in [6.07, 6.45) is 2.49. The van der Waals surface area contributed by atoms with Crippen molar-refractivity contribution < 1.29 is 22.4 Å². The number of sulfonamides is 1. The Morgan fingerprint density at radius 3 is 2.21 bits per heavy atom. The van der Waals surface area contributed by atoms with Crippen LogP contribution < -0.4 is 14.5 Å². The molecule has 0 atom stereocenters. The second-order valence-electron chi connectivity index (χ2n) is 8.09. The van der Waals surface area contributed by atoms with Gasteiger partial charge in [0.2, 0.25) is 15.9 Å². The lowest BCUT2D eigenvalue weighted by Gasteiger charge is -2.22. The van der Waals surface area contributed by atoms with Crippen LogP contribution in [0.25, 0.3) is 0 Å². The lowest BCUT2D eigenvalue weighted by molar-refractivity contribution is -0.117. The summed E-state index contributed by atoms with van der Waals surface area (Å²) in [5.74, 6) is -0.648. The summed E-state index contributed by atoms with van der Waals surface area (Å²) in [4.78, 5) is 26.3. The molecule has 3 aromatic rings. The van der Waals surface area contributed by atoms with Crippen LogP contribution in [-0.4, -0.2) is 33.0 Å². The number of rotatable bonds is 7. The zero-order valence-corrected chi connectivity index (χ0v) is 19.4. The highest BCUT2D eigenvalue weighted by Crippen LogP contribution is 2.24. The highest BCUT2D eigenvalue weighted by molar-refractivity contribution is 7.92. The molecule has 7 nitrogen and oxygen atoms in total. The van der Waals surface area contributed by atoms with E-state index < -0.39 is 15.8 Å². The average Bonchev–Trinajstić information content (AvgIpc) is 3.24. The molecule has 1 fully saturated rings. The van der Waals surface area contributed by atoms with Crippen LogP contribution in [0, 0.1) is 5.82 Å². The Balaban J connectivity index is 1.45. The van der Waals surface area contributed by atoms with E-state index in [4.69, 9.17) is 0 Å². The minimum atomic E-state index is -3.61. The average molecular weight is 482 g/mol. The molecular weight excluding hydrogens is 457 g/mol. The summed E-state index contributed by atoms with van der Waals surface area (Å²) in [6.45, 7) is 0.735. The van der Waals surface area contributed by atoms with Crippen molar-refractivity contribution in [2.45, 2.75) is 19.4 Å². The summed E-state index contributed by atoms with van der Waals surface area (Å²) in [6, 6.07) is 18.9. The Labute approximate surface area is 197 Å². The van der Waals surface area contributed by atoms with Crippen LogP contribution in [0.15, 0.2) is 72.8 Å². The highest BCUT2D eigenvalue weighted by atomic mass is 32.2. The number of anilines is 3. The third-order valence-electron chi connectivity index (χ3n) is 5.57. The molecule has 0 aliphatic carbocycles. The second kappa shape index (κ2) is 9.64. The van der Waals surface area contributed by atoms with Gasteiger partial charge in [-0.1, -0.05) is 12.1 Å². The van der Waals surface area contributed by atoms with E-state index in [1.165, 1.54) is 28.6 Å². The van der Waals surface area contributed by atoms with Crippen molar-refractivity contribution in [3.05, 3.63) is 89.7 Å². The van der Waals surface area contributed by atoms with E-state index in [1.54, 1.807) is 53.4 Å². The Morgan fingerprint density at radius 1 is 1.00 bits per heavy atom. The molecule has 34 heavy (non-hydrogen) atoms. The smallest absolute Gasteiger partial charge is 0.255 e. The molecule has 0 spiro atoms. The molecule has 1 aliphatic heterocycles. The van der Waals surface area contributed by atoms with E-state index in [0.717, 1.165) is 18.4 Å². The normalized spacial score (nSPS) is 13.7. The van der Waals surface area contributed by atoms with Gasteiger partial charge in [-0.25, -0.2) is 12.8 Å². The molecule has 1 aliphatic rings. The van der Waals surface area contributed by atoms with E-state index in [2.05, 4.69) is 5.32 Å². The van der Waals surface area contributed by atoms with Gasteiger partial charge in [-0.05, 0) is 72.6 Å². The van der Waals surface area contributed by atoms with E-state index >= 15 is 0 Å². The standard InChI is InChI=1S/C25H24FN3O4S/c1-34(32,33)29(17-18-4-8-20(26)9-5-18)23-12-6-19(7-13-23)25(31)27-21-10-14-22(15-11-21)28-16-2-3-24(28)30/h4-15H,2-3,16-17H2,1H3,(H,27,31). The van der Waals surface area contributed by atoms with Gasteiger partial charge in [-0.3, -0.25) is 13.9 Å². The van der Waals surface area contributed by atoms with E-state index in [0.29, 0.717) is 35.5 Å². The minimum Gasteiger partial charge on any atom is -0.322 e. The summed E-state index contributed by atoms with van der Waals surface area (Å²) >= 11 is 0.